The summed E-state index contributed by atoms with van der Waals surface area (Å²) in [4.78, 5) is 12.4. The molecule has 1 amide bonds. The number of hydrogen-bond donors (Lipinski definition) is 1. The Morgan fingerprint density at radius 3 is 2.30 bits per heavy atom. The van der Waals surface area contributed by atoms with Crippen molar-refractivity contribution in [1.82, 2.24) is 9.03 Å². The van der Waals surface area contributed by atoms with Gasteiger partial charge in [0.1, 0.15) is 0 Å². The van der Waals surface area contributed by atoms with Crippen LogP contribution >= 0.6 is 0 Å². The third kappa shape index (κ3) is 4.45. The summed E-state index contributed by atoms with van der Waals surface area (Å²) in [5, 5.41) is 0. The predicted molar refractivity (Wildman–Crippen MR) is 62.2 cm³/mol. The van der Waals surface area contributed by atoms with Gasteiger partial charge in [-0.05, 0) is 6.42 Å². The molecule has 0 fully saturated rings. The largest absolute Gasteiger partial charge is 0.512 e. The summed E-state index contributed by atoms with van der Waals surface area (Å²) in [6.07, 6.45) is 2.64. The second-order valence-corrected chi connectivity index (χ2v) is 7.67. The van der Waals surface area contributed by atoms with Gasteiger partial charge in [0.2, 0.25) is 15.9 Å². The Labute approximate surface area is 113 Å². The summed E-state index contributed by atoms with van der Waals surface area (Å²) in [5.41, 5.74) is -5.70. The lowest BCUT2D eigenvalue weighted by Gasteiger charge is -2.15. The summed E-state index contributed by atoms with van der Waals surface area (Å²) >= 11 is 0. The zero-order chi connectivity index (χ0) is 15.6. The number of nitrogens with one attached hydrogen (secondary N) is 1. The smallest absolute Gasteiger partial charge is 0.335 e. The van der Waals surface area contributed by atoms with Crippen LogP contribution in [0.25, 0.3) is 0 Å². The molecule has 0 saturated carbocycles. The first-order valence-corrected chi connectivity index (χ1v) is 8.36. The molecule has 0 spiro atoms. The number of halogens is 3. The van der Waals surface area contributed by atoms with E-state index in [1.165, 1.54) is 11.0 Å². The van der Waals surface area contributed by atoms with E-state index in [9.17, 15) is 34.8 Å². The first kappa shape index (κ1) is 16.9. The van der Waals surface area contributed by atoms with Crippen LogP contribution in [-0.4, -0.2) is 52.0 Å². The number of hydrogen-bond acceptors (Lipinski definition) is 5. The molecule has 12 heteroatoms. The average molecular weight is 336 g/mol. The summed E-state index contributed by atoms with van der Waals surface area (Å²) in [7, 11) is -10.6. The van der Waals surface area contributed by atoms with Crippen LogP contribution in [0.5, 0.6) is 0 Å². The Balaban J connectivity index is 2.53. The fourth-order valence-electron chi connectivity index (χ4n) is 1.38. The van der Waals surface area contributed by atoms with Crippen LogP contribution in [-0.2, 0) is 24.8 Å². The molecule has 0 aromatic rings. The minimum Gasteiger partial charge on any atom is -0.335 e. The Bertz CT molecular complexity index is 609. The molecule has 1 aliphatic rings. The first-order valence-electron chi connectivity index (χ1n) is 5.23. The van der Waals surface area contributed by atoms with Crippen LogP contribution in [0.3, 0.4) is 0 Å². The summed E-state index contributed by atoms with van der Waals surface area (Å²) in [5.74, 6) is -1.18. The van der Waals surface area contributed by atoms with Crippen LogP contribution in [0, 0.1) is 0 Å². The standard InChI is InChI=1S/C8H11F3N2O5S2/c9-8(10,11)20(17,18)12-19(15,16)6-2-5-13-4-1-3-7(13)14/h1,3,12H,2,4-6H2. The van der Waals surface area contributed by atoms with Crippen molar-refractivity contribution in [3.63, 3.8) is 0 Å². The van der Waals surface area contributed by atoms with Gasteiger partial charge in [-0.3, -0.25) is 4.79 Å². The molecule has 0 unspecified atom stereocenters. The van der Waals surface area contributed by atoms with Crippen LogP contribution in [0.15, 0.2) is 12.2 Å². The number of nitrogens with zero attached hydrogens (tertiary/aromatic N) is 1. The van der Waals surface area contributed by atoms with Crippen molar-refractivity contribution in [3.05, 3.63) is 12.2 Å². The van der Waals surface area contributed by atoms with E-state index in [0.717, 1.165) is 0 Å². The molecule has 116 valence electrons. The van der Waals surface area contributed by atoms with Crippen molar-refractivity contribution in [2.75, 3.05) is 18.8 Å². The van der Waals surface area contributed by atoms with Gasteiger partial charge in [-0.15, -0.1) is 4.13 Å². The van der Waals surface area contributed by atoms with Crippen molar-refractivity contribution in [2.45, 2.75) is 11.9 Å². The van der Waals surface area contributed by atoms with Crippen LogP contribution in [0.2, 0.25) is 0 Å². The Kier molecular flexibility index (Phi) is 4.82. The van der Waals surface area contributed by atoms with E-state index in [-0.39, 0.29) is 25.4 Å². The molecule has 1 N–H and O–H groups in total. The predicted octanol–water partition coefficient (Wildman–Crippen LogP) is -0.456. The van der Waals surface area contributed by atoms with Crippen molar-refractivity contribution >= 4 is 26.0 Å². The average Bonchev–Trinajstić information content (AvgIpc) is 2.60. The Hall–Kier alpha value is -1.14. The van der Waals surface area contributed by atoms with Gasteiger partial charge < -0.3 is 4.90 Å². The lowest BCUT2D eigenvalue weighted by molar-refractivity contribution is -0.124. The molecule has 1 aliphatic heterocycles. The minimum atomic E-state index is -5.95. The number of carbonyl (C=O) groups is 1. The third-order valence-corrected chi connectivity index (χ3v) is 5.61. The first-order chi connectivity index (χ1) is 8.95. The van der Waals surface area contributed by atoms with Crippen LogP contribution in [0.4, 0.5) is 13.2 Å². The van der Waals surface area contributed by atoms with Gasteiger partial charge in [-0.25, -0.2) is 16.8 Å². The van der Waals surface area contributed by atoms with Gasteiger partial charge in [-0.1, -0.05) is 6.08 Å². The molecule has 1 rings (SSSR count). The van der Waals surface area contributed by atoms with Gasteiger partial charge in [0.25, 0.3) is 0 Å². The SMILES string of the molecule is O=C1C=CCN1CCCS(=O)(=O)NS(=O)(=O)C(F)(F)F. The lowest BCUT2D eigenvalue weighted by atomic mass is 10.4. The molecular weight excluding hydrogens is 325 g/mol. The van der Waals surface area contributed by atoms with E-state index in [1.807, 2.05) is 0 Å². The van der Waals surface area contributed by atoms with Crippen molar-refractivity contribution in [2.24, 2.45) is 0 Å². The number of alkyl halides is 3. The molecule has 20 heavy (non-hydrogen) atoms. The summed E-state index contributed by atoms with van der Waals surface area (Å²) < 4.78 is 80.4. The fraction of sp³-hybridized carbons (Fsp3) is 0.625. The topological polar surface area (TPSA) is 101 Å². The summed E-state index contributed by atoms with van der Waals surface area (Å²) in [6, 6.07) is 0. The van der Waals surface area contributed by atoms with E-state index in [2.05, 4.69) is 0 Å². The third-order valence-electron chi connectivity index (χ3n) is 2.28. The normalized spacial score (nSPS) is 16.9. The highest BCUT2D eigenvalue weighted by Gasteiger charge is 2.48. The zero-order valence-corrected chi connectivity index (χ0v) is 11.6. The second kappa shape index (κ2) is 5.69. The Morgan fingerprint density at radius 2 is 1.85 bits per heavy atom. The molecule has 0 saturated heterocycles. The van der Waals surface area contributed by atoms with E-state index >= 15 is 0 Å². The van der Waals surface area contributed by atoms with E-state index in [0.29, 0.717) is 4.13 Å². The molecular formula is C8H11F3N2O5S2. The number of amides is 1. The monoisotopic (exact) mass is 336 g/mol. The van der Waals surface area contributed by atoms with Crippen LogP contribution in [0.1, 0.15) is 6.42 Å². The highest BCUT2D eigenvalue weighted by Crippen LogP contribution is 2.22. The second-order valence-electron chi connectivity index (χ2n) is 3.89. The molecule has 1 heterocycles. The van der Waals surface area contributed by atoms with Gasteiger partial charge >= 0.3 is 15.5 Å². The van der Waals surface area contributed by atoms with E-state index in [4.69, 9.17) is 0 Å². The zero-order valence-electron chi connectivity index (χ0n) is 9.92. The highest BCUT2D eigenvalue weighted by atomic mass is 32.3. The highest BCUT2D eigenvalue weighted by molar-refractivity contribution is 8.05. The minimum absolute atomic E-state index is 0.00118. The maximum Gasteiger partial charge on any atom is 0.512 e. The van der Waals surface area contributed by atoms with E-state index in [1.54, 1.807) is 6.08 Å². The molecule has 0 aromatic carbocycles. The quantitative estimate of drug-likeness (QED) is 0.708. The number of rotatable bonds is 6. The molecule has 0 radical (unpaired) electrons. The van der Waals surface area contributed by atoms with Crippen molar-refractivity contribution in [3.8, 4) is 0 Å². The lowest BCUT2D eigenvalue weighted by Crippen LogP contribution is -2.41. The van der Waals surface area contributed by atoms with Crippen molar-refractivity contribution < 1.29 is 34.8 Å². The number of sulfonamides is 2. The molecule has 0 atom stereocenters. The molecule has 0 aliphatic carbocycles. The van der Waals surface area contributed by atoms with Gasteiger partial charge in [0.15, 0.2) is 0 Å². The summed E-state index contributed by atoms with van der Waals surface area (Å²) in [6.45, 7) is 0.284. The molecule has 0 aromatic heterocycles. The molecule has 7 nitrogen and oxygen atoms in total. The van der Waals surface area contributed by atoms with E-state index < -0.39 is 31.3 Å². The number of carbonyl (C=O) groups excluding carboxylic acids is 1. The maximum atomic E-state index is 12.0. The maximum absolute atomic E-state index is 12.0. The van der Waals surface area contributed by atoms with Crippen molar-refractivity contribution in [1.29, 1.82) is 0 Å². The Morgan fingerprint density at radius 1 is 1.25 bits per heavy atom. The van der Waals surface area contributed by atoms with Crippen LogP contribution < -0.4 is 4.13 Å². The molecule has 0 bridgehead atoms. The fourth-order valence-corrected chi connectivity index (χ4v) is 3.94. The van der Waals surface area contributed by atoms with Gasteiger partial charge in [-0.2, -0.15) is 13.2 Å². The van der Waals surface area contributed by atoms with Gasteiger partial charge in [0.05, 0.1) is 5.75 Å². The van der Waals surface area contributed by atoms with Gasteiger partial charge in [0, 0.05) is 19.2 Å².